The summed E-state index contributed by atoms with van der Waals surface area (Å²) in [6.07, 6.45) is 0. The average Bonchev–Trinajstić information content (AvgIpc) is 2.80. The summed E-state index contributed by atoms with van der Waals surface area (Å²) in [4.78, 5) is 25.7. The van der Waals surface area contributed by atoms with E-state index in [1.807, 2.05) is 30.3 Å². The molecule has 0 fully saturated rings. The van der Waals surface area contributed by atoms with Gasteiger partial charge in [0.05, 0.1) is 6.54 Å². The monoisotopic (exact) mass is 344 g/mol. The standard InChI is InChI=1S/C18H17ClN2O3/c1-12(22)20-17-15-11-13(19)7-8-16(15)21(18(17)23)9-10-24-14-5-3-2-4-6-14/h2-8,11,17H,9-10H2,1H3,(H,20,22). The molecule has 6 heteroatoms. The molecule has 0 saturated carbocycles. The molecule has 5 nitrogen and oxygen atoms in total. The van der Waals surface area contributed by atoms with Gasteiger partial charge in [0.2, 0.25) is 5.91 Å². The largest absolute Gasteiger partial charge is 0.492 e. The van der Waals surface area contributed by atoms with E-state index < -0.39 is 6.04 Å². The molecule has 0 spiro atoms. The van der Waals surface area contributed by atoms with Crippen LogP contribution >= 0.6 is 11.6 Å². The van der Waals surface area contributed by atoms with Gasteiger partial charge in [-0.3, -0.25) is 9.59 Å². The van der Waals surface area contributed by atoms with E-state index in [4.69, 9.17) is 16.3 Å². The molecule has 2 aromatic rings. The lowest BCUT2D eigenvalue weighted by Gasteiger charge is -2.18. The van der Waals surface area contributed by atoms with Gasteiger partial charge in [-0.25, -0.2) is 0 Å². The SMILES string of the molecule is CC(=O)NC1C(=O)N(CCOc2ccccc2)c2ccc(Cl)cc21. The zero-order valence-corrected chi connectivity index (χ0v) is 13.9. The number of rotatable bonds is 5. The first kappa shape index (κ1) is 16.3. The minimum Gasteiger partial charge on any atom is -0.492 e. The van der Waals surface area contributed by atoms with Crippen molar-refractivity contribution in [3.05, 3.63) is 59.1 Å². The number of nitrogens with one attached hydrogen (secondary N) is 1. The van der Waals surface area contributed by atoms with Crippen molar-refractivity contribution >= 4 is 29.1 Å². The second-order valence-corrected chi connectivity index (χ2v) is 5.92. The molecule has 3 rings (SSSR count). The van der Waals surface area contributed by atoms with Crippen LogP contribution in [0, 0.1) is 0 Å². The quantitative estimate of drug-likeness (QED) is 0.907. The van der Waals surface area contributed by atoms with Gasteiger partial charge in [-0.2, -0.15) is 0 Å². The zero-order chi connectivity index (χ0) is 17.1. The normalized spacial score (nSPS) is 16.0. The van der Waals surface area contributed by atoms with Crippen molar-refractivity contribution in [3.63, 3.8) is 0 Å². The van der Waals surface area contributed by atoms with Crippen molar-refractivity contribution in [1.29, 1.82) is 0 Å². The Morgan fingerprint density at radius 3 is 2.71 bits per heavy atom. The third kappa shape index (κ3) is 3.36. The maximum atomic E-state index is 12.7. The second-order valence-electron chi connectivity index (χ2n) is 5.49. The molecule has 24 heavy (non-hydrogen) atoms. The van der Waals surface area contributed by atoms with E-state index in [1.54, 1.807) is 23.1 Å². The molecule has 1 atom stereocenters. The number of hydrogen-bond donors (Lipinski definition) is 1. The topological polar surface area (TPSA) is 58.6 Å². The average molecular weight is 345 g/mol. The highest BCUT2D eigenvalue weighted by atomic mass is 35.5. The Labute approximate surface area is 145 Å². The molecule has 1 aliphatic rings. The van der Waals surface area contributed by atoms with Crippen LogP contribution in [0.1, 0.15) is 18.5 Å². The van der Waals surface area contributed by atoms with Crippen LogP contribution in [0.4, 0.5) is 5.69 Å². The van der Waals surface area contributed by atoms with E-state index in [1.165, 1.54) is 6.92 Å². The van der Waals surface area contributed by atoms with Gasteiger partial charge in [-0.15, -0.1) is 0 Å². The number of benzene rings is 2. The molecule has 0 aromatic heterocycles. The molecular weight excluding hydrogens is 328 g/mol. The number of ether oxygens (including phenoxy) is 1. The van der Waals surface area contributed by atoms with Gasteiger partial charge in [0.25, 0.3) is 5.91 Å². The Balaban J connectivity index is 1.76. The van der Waals surface area contributed by atoms with Crippen LogP contribution in [-0.4, -0.2) is 25.0 Å². The Morgan fingerprint density at radius 2 is 2.00 bits per heavy atom. The van der Waals surface area contributed by atoms with E-state index in [2.05, 4.69) is 5.32 Å². The van der Waals surface area contributed by atoms with E-state index >= 15 is 0 Å². The molecule has 0 aliphatic carbocycles. The van der Waals surface area contributed by atoms with E-state index in [0.717, 1.165) is 11.4 Å². The zero-order valence-electron chi connectivity index (χ0n) is 13.2. The summed E-state index contributed by atoms with van der Waals surface area (Å²) >= 11 is 6.04. The van der Waals surface area contributed by atoms with Crippen molar-refractivity contribution in [3.8, 4) is 5.75 Å². The third-order valence-corrected chi connectivity index (χ3v) is 4.01. The van der Waals surface area contributed by atoms with E-state index in [9.17, 15) is 9.59 Å². The van der Waals surface area contributed by atoms with Crippen LogP contribution in [0.15, 0.2) is 48.5 Å². The van der Waals surface area contributed by atoms with Crippen molar-refractivity contribution in [2.45, 2.75) is 13.0 Å². The van der Waals surface area contributed by atoms with Crippen LogP contribution in [-0.2, 0) is 9.59 Å². The van der Waals surface area contributed by atoms with Crippen molar-refractivity contribution in [1.82, 2.24) is 5.32 Å². The molecular formula is C18H17ClN2O3. The number of halogens is 1. The predicted octanol–water partition coefficient (Wildman–Crippen LogP) is 2.94. The lowest BCUT2D eigenvalue weighted by Crippen LogP contribution is -2.38. The minimum atomic E-state index is -0.701. The third-order valence-electron chi connectivity index (χ3n) is 3.78. The molecule has 1 heterocycles. The van der Waals surface area contributed by atoms with Crippen LogP contribution in [0.2, 0.25) is 5.02 Å². The Kier molecular flexibility index (Phi) is 4.71. The fourth-order valence-corrected chi connectivity index (χ4v) is 2.94. The number of fused-ring (bicyclic) bond motifs is 1. The van der Waals surface area contributed by atoms with Gasteiger partial charge in [0, 0.05) is 23.2 Å². The number of anilines is 1. The first-order valence-electron chi connectivity index (χ1n) is 7.62. The van der Waals surface area contributed by atoms with Crippen molar-refractivity contribution in [2.24, 2.45) is 0 Å². The maximum Gasteiger partial charge on any atom is 0.254 e. The van der Waals surface area contributed by atoms with Crippen molar-refractivity contribution < 1.29 is 14.3 Å². The smallest absolute Gasteiger partial charge is 0.254 e. The summed E-state index contributed by atoms with van der Waals surface area (Å²) in [6.45, 7) is 2.13. The predicted molar refractivity (Wildman–Crippen MR) is 92.3 cm³/mol. The van der Waals surface area contributed by atoms with Crippen molar-refractivity contribution in [2.75, 3.05) is 18.1 Å². The molecule has 1 aliphatic heterocycles. The summed E-state index contributed by atoms with van der Waals surface area (Å²) < 4.78 is 5.66. The van der Waals surface area contributed by atoms with Crippen LogP contribution in [0.3, 0.4) is 0 Å². The highest BCUT2D eigenvalue weighted by molar-refractivity contribution is 6.31. The molecule has 1 N–H and O–H groups in total. The first-order valence-corrected chi connectivity index (χ1v) is 8.00. The first-order chi connectivity index (χ1) is 11.6. The highest BCUT2D eigenvalue weighted by Gasteiger charge is 2.37. The molecule has 2 aromatic carbocycles. The minimum absolute atomic E-state index is 0.181. The number of carbonyl (C=O) groups excluding carboxylic acids is 2. The summed E-state index contributed by atoms with van der Waals surface area (Å²) in [7, 11) is 0. The summed E-state index contributed by atoms with van der Waals surface area (Å²) in [6, 6.07) is 13.9. The number of carbonyl (C=O) groups is 2. The lowest BCUT2D eigenvalue weighted by molar-refractivity contribution is -0.126. The Bertz CT molecular complexity index is 764. The number of amides is 2. The summed E-state index contributed by atoms with van der Waals surface area (Å²) in [5.74, 6) is 0.305. The Hall–Kier alpha value is -2.53. The lowest BCUT2D eigenvalue weighted by atomic mass is 10.1. The van der Waals surface area contributed by atoms with Crippen LogP contribution < -0.4 is 15.0 Å². The van der Waals surface area contributed by atoms with Gasteiger partial charge >= 0.3 is 0 Å². The summed E-state index contributed by atoms with van der Waals surface area (Å²) in [5.41, 5.74) is 1.46. The van der Waals surface area contributed by atoms with Gasteiger partial charge in [-0.1, -0.05) is 29.8 Å². The fourth-order valence-electron chi connectivity index (χ4n) is 2.75. The molecule has 0 saturated heterocycles. The second kappa shape index (κ2) is 6.93. The number of para-hydroxylation sites is 1. The van der Waals surface area contributed by atoms with E-state index in [0.29, 0.717) is 23.7 Å². The molecule has 1 unspecified atom stereocenters. The van der Waals surface area contributed by atoms with Gasteiger partial charge in [-0.05, 0) is 30.3 Å². The fraction of sp³-hybridized carbons (Fsp3) is 0.222. The summed E-state index contributed by atoms with van der Waals surface area (Å²) in [5, 5.41) is 3.21. The van der Waals surface area contributed by atoms with E-state index in [-0.39, 0.29) is 11.8 Å². The highest BCUT2D eigenvalue weighted by Crippen LogP contribution is 2.37. The van der Waals surface area contributed by atoms with Crippen LogP contribution in [0.5, 0.6) is 5.75 Å². The Morgan fingerprint density at radius 1 is 1.25 bits per heavy atom. The molecule has 0 bridgehead atoms. The molecule has 0 radical (unpaired) electrons. The maximum absolute atomic E-state index is 12.7. The number of nitrogens with zero attached hydrogens (tertiary/aromatic N) is 1. The molecule has 2 amide bonds. The number of hydrogen-bond acceptors (Lipinski definition) is 3. The molecule has 124 valence electrons. The van der Waals surface area contributed by atoms with Crippen LogP contribution in [0.25, 0.3) is 0 Å². The van der Waals surface area contributed by atoms with Gasteiger partial charge in [0.1, 0.15) is 18.4 Å². The van der Waals surface area contributed by atoms with Gasteiger partial charge in [0.15, 0.2) is 0 Å². The van der Waals surface area contributed by atoms with Gasteiger partial charge < -0.3 is 15.0 Å².